The van der Waals surface area contributed by atoms with Crippen LogP contribution in [0, 0.1) is 6.92 Å². The highest BCUT2D eigenvalue weighted by Gasteiger charge is 2.10. The zero-order chi connectivity index (χ0) is 15.9. The highest BCUT2D eigenvalue weighted by molar-refractivity contribution is 5.31. The number of ether oxygens (including phenoxy) is 2. The van der Waals surface area contributed by atoms with Gasteiger partial charge >= 0.3 is 0 Å². The monoisotopic (exact) mass is 311 g/mol. The molecule has 0 N–H and O–H groups in total. The summed E-state index contributed by atoms with van der Waals surface area (Å²) in [4.78, 5) is 2.46. The fraction of sp³-hybridized carbons (Fsp3) is 0.400. The highest BCUT2D eigenvalue weighted by Crippen LogP contribution is 2.19. The summed E-state index contributed by atoms with van der Waals surface area (Å²) in [6, 6.07) is 16.3. The molecule has 0 atom stereocenters. The molecule has 3 nitrogen and oxygen atoms in total. The zero-order valence-electron chi connectivity index (χ0n) is 13.8. The largest absolute Gasteiger partial charge is 0.492 e. The molecule has 0 radical (unpaired) electrons. The first kappa shape index (κ1) is 15.9. The lowest BCUT2D eigenvalue weighted by Crippen LogP contribution is -2.25. The predicted octanol–water partition coefficient (Wildman–Crippen LogP) is 4.05. The van der Waals surface area contributed by atoms with Gasteiger partial charge < -0.3 is 9.47 Å². The second kappa shape index (κ2) is 8.02. The van der Waals surface area contributed by atoms with Gasteiger partial charge in [-0.15, -0.1) is 0 Å². The smallest absolute Gasteiger partial charge is 0.120 e. The van der Waals surface area contributed by atoms with Crippen molar-refractivity contribution in [3.05, 3.63) is 59.7 Å². The standard InChI is InChI=1S/C20H25NO2/c1-17-4-6-18(7-5-17)16-23-20-10-8-19(9-11-20)22-15-14-21-12-2-3-13-21/h4-11H,2-3,12-16H2,1H3. The highest BCUT2D eigenvalue weighted by atomic mass is 16.5. The van der Waals surface area contributed by atoms with E-state index in [1.54, 1.807) is 0 Å². The Morgan fingerprint density at radius 2 is 1.43 bits per heavy atom. The molecule has 0 aliphatic carbocycles. The average molecular weight is 311 g/mol. The Balaban J connectivity index is 1.42. The van der Waals surface area contributed by atoms with E-state index in [9.17, 15) is 0 Å². The van der Waals surface area contributed by atoms with E-state index < -0.39 is 0 Å². The maximum atomic E-state index is 5.81. The number of benzene rings is 2. The molecule has 1 heterocycles. The number of aryl methyl sites for hydroxylation is 1. The lowest BCUT2D eigenvalue weighted by Gasteiger charge is -2.15. The zero-order valence-corrected chi connectivity index (χ0v) is 13.8. The molecule has 122 valence electrons. The number of hydrogen-bond donors (Lipinski definition) is 0. The third kappa shape index (κ3) is 5.00. The van der Waals surface area contributed by atoms with E-state index in [0.29, 0.717) is 6.61 Å². The summed E-state index contributed by atoms with van der Waals surface area (Å²) in [6.07, 6.45) is 2.65. The molecular formula is C20H25NO2. The summed E-state index contributed by atoms with van der Waals surface area (Å²) in [5, 5.41) is 0. The Morgan fingerprint density at radius 3 is 2.09 bits per heavy atom. The Bertz CT molecular complexity index is 586. The topological polar surface area (TPSA) is 21.7 Å². The van der Waals surface area contributed by atoms with Crippen LogP contribution in [-0.2, 0) is 6.61 Å². The van der Waals surface area contributed by atoms with Crippen molar-refractivity contribution in [1.29, 1.82) is 0 Å². The van der Waals surface area contributed by atoms with Gasteiger partial charge in [0.15, 0.2) is 0 Å². The fourth-order valence-corrected chi connectivity index (χ4v) is 2.78. The molecule has 2 aromatic carbocycles. The van der Waals surface area contributed by atoms with E-state index in [-0.39, 0.29) is 0 Å². The van der Waals surface area contributed by atoms with Crippen molar-refractivity contribution in [3.8, 4) is 11.5 Å². The van der Waals surface area contributed by atoms with Gasteiger partial charge in [-0.1, -0.05) is 29.8 Å². The summed E-state index contributed by atoms with van der Waals surface area (Å²) < 4.78 is 11.6. The minimum absolute atomic E-state index is 0.593. The molecule has 23 heavy (non-hydrogen) atoms. The van der Waals surface area contributed by atoms with Crippen molar-refractivity contribution in [2.45, 2.75) is 26.4 Å². The number of hydrogen-bond acceptors (Lipinski definition) is 3. The third-order valence-corrected chi connectivity index (χ3v) is 4.22. The van der Waals surface area contributed by atoms with Crippen LogP contribution in [0.25, 0.3) is 0 Å². The maximum absolute atomic E-state index is 5.81. The average Bonchev–Trinajstić information content (AvgIpc) is 3.09. The van der Waals surface area contributed by atoms with E-state index in [1.165, 1.54) is 37.1 Å². The minimum atomic E-state index is 0.593. The molecule has 3 rings (SSSR count). The molecule has 0 saturated carbocycles. The summed E-state index contributed by atoms with van der Waals surface area (Å²) >= 11 is 0. The maximum Gasteiger partial charge on any atom is 0.120 e. The van der Waals surface area contributed by atoms with Crippen LogP contribution in [0.4, 0.5) is 0 Å². The Kier molecular flexibility index (Phi) is 5.54. The SMILES string of the molecule is Cc1ccc(COc2ccc(OCCN3CCCC3)cc2)cc1. The third-order valence-electron chi connectivity index (χ3n) is 4.22. The van der Waals surface area contributed by atoms with Gasteiger partial charge in [0.1, 0.15) is 24.7 Å². The summed E-state index contributed by atoms with van der Waals surface area (Å²) in [6.45, 7) is 6.89. The lowest BCUT2D eigenvalue weighted by molar-refractivity contribution is 0.237. The van der Waals surface area contributed by atoms with Crippen LogP contribution in [0.2, 0.25) is 0 Å². The molecule has 0 aromatic heterocycles. The van der Waals surface area contributed by atoms with Gasteiger partial charge in [-0.2, -0.15) is 0 Å². The second-order valence-corrected chi connectivity index (χ2v) is 6.14. The molecule has 0 bridgehead atoms. The van der Waals surface area contributed by atoms with Crippen LogP contribution >= 0.6 is 0 Å². The molecule has 3 heteroatoms. The summed E-state index contributed by atoms with van der Waals surface area (Å²) in [5.74, 6) is 1.78. The predicted molar refractivity (Wildman–Crippen MR) is 93.1 cm³/mol. The van der Waals surface area contributed by atoms with Gasteiger partial charge in [-0.05, 0) is 62.7 Å². The van der Waals surface area contributed by atoms with Gasteiger partial charge in [0.05, 0.1) is 0 Å². The van der Waals surface area contributed by atoms with Crippen molar-refractivity contribution < 1.29 is 9.47 Å². The summed E-state index contributed by atoms with van der Waals surface area (Å²) in [7, 11) is 0. The van der Waals surface area contributed by atoms with Gasteiger partial charge in [-0.3, -0.25) is 4.90 Å². The first-order valence-electron chi connectivity index (χ1n) is 8.43. The summed E-state index contributed by atoms with van der Waals surface area (Å²) in [5.41, 5.74) is 2.45. The molecule has 1 aliphatic heterocycles. The van der Waals surface area contributed by atoms with E-state index >= 15 is 0 Å². The van der Waals surface area contributed by atoms with E-state index in [0.717, 1.165) is 24.7 Å². The van der Waals surface area contributed by atoms with Crippen molar-refractivity contribution in [1.82, 2.24) is 4.90 Å². The van der Waals surface area contributed by atoms with Crippen LogP contribution in [0.3, 0.4) is 0 Å². The van der Waals surface area contributed by atoms with Crippen LogP contribution in [0.5, 0.6) is 11.5 Å². The fourth-order valence-electron chi connectivity index (χ4n) is 2.78. The van der Waals surface area contributed by atoms with Crippen LogP contribution < -0.4 is 9.47 Å². The van der Waals surface area contributed by atoms with E-state index in [4.69, 9.17) is 9.47 Å². The van der Waals surface area contributed by atoms with E-state index in [2.05, 4.69) is 36.1 Å². The van der Waals surface area contributed by atoms with Crippen molar-refractivity contribution >= 4 is 0 Å². The first-order valence-corrected chi connectivity index (χ1v) is 8.43. The normalized spacial score (nSPS) is 14.8. The van der Waals surface area contributed by atoms with Gasteiger partial charge in [0.25, 0.3) is 0 Å². The minimum Gasteiger partial charge on any atom is -0.492 e. The Morgan fingerprint density at radius 1 is 0.826 bits per heavy atom. The van der Waals surface area contributed by atoms with Crippen molar-refractivity contribution in [3.63, 3.8) is 0 Å². The molecule has 0 spiro atoms. The van der Waals surface area contributed by atoms with Gasteiger partial charge in [0, 0.05) is 6.54 Å². The molecule has 1 saturated heterocycles. The number of nitrogens with zero attached hydrogens (tertiary/aromatic N) is 1. The molecule has 0 unspecified atom stereocenters. The Labute approximate surface area is 138 Å². The van der Waals surface area contributed by atoms with Gasteiger partial charge in [0.2, 0.25) is 0 Å². The lowest BCUT2D eigenvalue weighted by atomic mass is 10.2. The van der Waals surface area contributed by atoms with E-state index in [1.807, 2.05) is 24.3 Å². The second-order valence-electron chi connectivity index (χ2n) is 6.14. The first-order chi connectivity index (χ1) is 11.3. The quantitative estimate of drug-likeness (QED) is 0.770. The van der Waals surface area contributed by atoms with Crippen molar-refractivity contribution in [2.75, 3.05) is 26.2 Å². The van der Waals surface area contributed by atoms with Crippen LogP contribution in [-0.4, -0.2) is 31.1 Å². The molecule has 2 aromatic rings. The van der Waals surface area contributed by atoms with Crippen LogP contribution in [0.1, 0.15) is 24.0 Å². The Hall–Kier alpha value is -2.00. The molecular weight excluding hydrogens is 286 g/mol. The number of likely N-dealkylation sites (tertiary alicyclic amines) is 1. The number of rotatable bonds is 7. The van der Waals surface area contributed by atoms with Crippen molar-refractivity contribution in [2.24, 2.45) is 0 Å². The molecule has 0 amide bonds. The molecule has 1 fully saturated rings. The van der Waals surface area contributed by atoms with Gasteiger partial charge in [-0.25, -0.2) is 0 Å². The van der Waals surface area contributed by atoms with Crippen LogP contribution in [0.15, 0.2) is 48.5 Å². The molecule has 1 aliphatic rings.